The molecule has 3 nitrogen and oxygen atoms in total. The lowest BCUT2D eigenvalue weighted by Crippen LogP contribution is -2.09. The second-order valence-corrected chi connectivity index (χ2v) is 5.81. The van der Waals surface area contributed by atoms with E-state index in [-0.39, 0.29) is 6.04 Å². The molecule has 0 aliphatic rings. The summed E-state index contributed by atoms with van der Waals surface area (Å²) in [5, 5.41) is 3.49. The second-order valence-electron chi connectivity index (χ2n) is 4.96. The minimum atomic E-state index is 0.115. The highest BCUT2D eigenvalue weighted by Crippen LogP contribution is 2.33. The molecule has 1 unspecified atom stereocenters. The molecule has 1 atom stereocenters. The molecule has 0 spiro atoms. The van der Waals surface area contributed by atoms with E-state index in [1.807, 2.05) is 24.3 Å². The second kappa shape index (κ2) is 6.85. The van der Waals surface area contributed by atoms with Crippen LogP contribution in [-0.2, 0) is 0 Å². The first-order valence-corrected chi connectivity index (χ1v) is 7.59. The predicted octanol–water partition coefficient (Wildman–Crippen LogP) is 4.95. The van der Waals surface area contributed by atoms with Crippen LogP contribution in [0.1, 0.15) is 24.1 Å². The van der Waals surface area contributed by atoms with E-state index in [0.29, 0.717) is 0 Å². The summed E-state index contributed by atoms with van der Waals surface area (Å²) in [4.78, 5) is 0. The smallest absolute Gasteiger partial charge is 0.124 e. The van der Waals surface area contributed by atoms with Crippen LogP contribution in [0.5, 0.6) is 11.5 Å². The lowest BCUT2D eigenvalue weighted by Gasteiger charge is -2.20. The number of ether oxygens (including phenoxy) is 2. The Hall–Kier alpha value is -1.68. The molecular weight excluding hydrogens is 330 g/mol. The van der Waals surface area contributed by atoms with E-state index >= 15 is 0 Å². The van der Waals surface area contributed by atoms with Crippen LogP contribution in [0.25, 0.3) is 0 Å². The van der Waals surface area contributed by atoms with Gasteiger partial charge in [-0.3, -0.25) is 0 Å². The quantitative estimate of drug-likeness (QED) is 0.828. The molecule has 0 radical (unpaired) electrons. The van der Waals surface area contributed by atoms with Gasteiger partial charge in [-0.25, -0.2) is 0 Å². The number of hydrogen-bond donors (Lipinski definition) is 1. The Labute approximate surface area is 134 Å². The molecule has 0 heterocycles. The van der Waals surface area contributed by atoms with E-state index in [9.17, 15) is 0 Å². The summed E-state index contributed by atoms with van der Waals surface area (Å²) in [5.74, 6) is 1.72. The lowest BCUT2D eigenvalue weighted by molar-refractivity contribution is 0.407. The SMILES string of the molecule is COc1ccc(Br)c(NC(C)c2ccc(C)cc2OC)c1. The first kappa shape index (κ1) is 15.7. The molecule has 0 amide bonds. The number of nitrogens with one attached hydrogen (secondary N) is 1. The van der Waals surface area contributed by atoms with E-state index in [1.165, 1.54) is 5.56 Å². The maximum atomic E-state index is 5.48. The van der Waals surface area contributed by atoms with Crippen LogP contribution in [0.2, 0.25) is 0 Å². The van der Waals surface area contributed by atoms with Crippen molar-refractivity contribution in [1.29, 1.82) is 0 Å². The Kier molecular flexibility index (Phi) is 5.12. The molecule has 2 aromatic rings. The van der Waals surface area contributed by atoms with Crippen LogP contribution in [0.15, 0.2) is 40.9 Å². The molecule has 2 aromatic carbocycles. The van der Waals surface area contributed by atoms with Gasteiger partial charge in [-0.15, -0.1) is 0 Å². The van der Waals surface area contributed by atoms with Gasteiger partial charge in [0.05, 0.1) is 25.9 Å². The summed E-state index contributed by atoms with van der Waals surface area (Å²) in [7, 11) is 3.37. The number of anilines is 1. The summed E-state index contributed by atoms with van der Waals surface area (Å²) in [6, 6.07) is 12.2. The molecule has 0 aliphatic carbocycles. The Balaban J connectivity index is 2.27. The molecule has 0 saturated heterocycles. The van der Waals surface area contributed by atoms with E-state index < -0.39 is 0 Å². The first-order valence-electron chi connectivity index (χ1n) is 6.79. The molecule has 0 aromatic heterocycles. The highest BCUT2D eigenvalue weighted by molar-refractivity contribution is 9.10. The summed E-state index contributed by atoms with van der Waals surface area (Å²) in [6.07, 6.45) is 0. The molecule has 0 fully saturated rings. The lowest BCUT2D eigenvalue weighted by atomic mass is 10.0. The molecule has 0 aliphatic heterocycles. The highest BCUT2D eigenvalue weighted by atomic mass is 79.9. The number of hydrogen-bond acceptors (Lipinski definition) is 3. The topological polar surface area (TPSA) is 30.5 Å². The van der Waals surface area contributed by atoms with Crippen molar-refractivity contribution in [3.05, 3.63) is 52.0 Å². The van der Waals surface area contributed by atoms with E-state index in [1.54, 1.807) is 14.2 Å². The van der Waals surface area contributed by atoms with Crippen LogP contribution < -0.4 is 14.8 Å². The third-order valence-electron chi connectivity index (χ3n) is 3.40. The van der Waals surface area contributed by atoms with Crippen molar-refractivity contribution in [2.45, 2.75) is 19.9 Å². The average Bonchev–Trinajstić information content (AvgIpc) is 2.49. The van der Waals surface area contributed by atoms with Crippen LogP contribution in [0, 0.1) is 6.92 Å². The number of aryl methyl sites for hydroxylation is 1. The zero-order chi connectivity index (χ0) is 15.4. The van der Waals surface area contributed by atoms with Crippen LogP contribution in [0.4, 0.5) is 5.69 Å². The summed E-state index contributed by atoms with van der Waals surface area (Å²) >= 11 is 3.56. The van der Waals surface area contributed by atoms with Gasteiger partial charge in [0.2, 0.25) is 0 Å². The van der Waals surface area contributed by atoms with Gasteiger partial charge in [-0.2, -0.15) is 0 Å². The maximum absolute atomic E-state index is 5.48. The van der Waals surface area contributed by atoms with Crippen LogP contribution in [0.3, 0.4) is 0 Å². The molecule has 0 saturated carbocycles. The third kappa shape index (κ3) is 3.70. The molecular formula is C17H20BrNO2. The van der Waals surface area contributed by atoms with Gasteiger partial charge in [0.25, 0.3) is 0 Å². The zero-order valence-corrected chi connectivity index (χ0v) is 14.3. The standard InChI is InChI=1S/C17H20BrNO2/c1-11-5-7-14(17(9-11)21-4)12(2)19-16-10-13(20-3)6-8-15(16)18/h5-10,12,19H,1-4H3. The van der Waals surface area contributed by atoms with Gasteiger partial charge in [0.1, 0.15) is 11.5 Å². The molecule has 21 heavy (non-hydrogen) atoms. The monoisotopic (exact) mass is 349 g/mol. The largest absolute Gasteiger partial charge is 0.497 e. The maximum Gasteiger partial charge on any atom is 0.124 e. The molecule has 2 rings (SSSR count). The van der Waals surface area contributed by atoms with Gasteiger partial charge >= 0.3 is 0 Å². The average molecular weight is 350 g/mol. The molecule has 1 N–H and O–H groups in total. The van der Waals surface area contributed by atoms with Gasteiger partial charge in [-0.1, -0.05) is 12.1 Å². The summed E-state index contributed by atoms with van der Waals surface area (Å²) < 4.78 is 11.8. The van der Waals surface area contributed by atoms with Crippen molar-refractivity contribution in [2.75, 3.05) is 19.5 Å². The Morgan fingerprint density at radius 2 is 1.81 bits per heavy atom. The van der Waals surface area contributed by atoms with Gasteiger partial charge < -0.3 is 14.8 Å². The zero-order valence-electron chi connectivity index (χ0n) is 12.7. The fraction of sp³-hybridized carbons (Fsp3) is 0.294. The minimum absolute atomic E-state index is 0.115. The number of methoxy groups -OCH3 is 2. The fourth-order valence-corrected chi connectivity index (χ4v) is 2.59. The number of rotatable bonds is 5. The highest BCUT2D eigenvalue weighted by Gasteiger charge is 2.13. The van der Waals surface area contributed by atoms with E-state index in [2.05, 4.69) is 47.2 Å². The predicted molar refractivity (Wildman–Crippen MR) is 90.5 cm³/mol. The third-order valence-corrected chi connectivity index (χ3v) is 4.09. The Morgan fingerprint density at radius 1 is 1.05 bits per heavy atom. The molecule has 0 bridgehead atoms. The molecule has 112 valence electrons. The van der Waals surface area contributed by atoms with Crippen LogP contribution in [-0.4, -0.2) is 14.2 Å². The van der Waals surface area contributed by atoms with Crippen molar-refractivity contribution in [3.8, 4) is 11.5 Å². The van der Waals surface area contributed by atoms with Crippen molar-refractivity contribution in [2.24, 2.45) is 0 Å². The summed E-state index contributed by atoms with van der Waals surface area (Å²) in [5.41, 5.74) is 3.30. The van der Waals surface area contributed by atoms with E-state index in [4.69, 9.17) is 9.47 Å². The normalized spacial score (nSPS) is 11.9. The van der Waals surface area contributed by atoms with Crippen LogP contribution >= 0.6 is 15.9 Å². The van der Waals surface area contributed by atoms with Crippen molar-refractivity contribution in [1.82, 2.24) is 0 Å². The van der Waals surface area contributed by atoms with Gasteiger partial charge in [-0.05, 0) is 53.5 Å². The number of halogens is 1. The Bertz CT molecular complexity index is 628. The van der Waals surface area contributed by atoms with Gasteiger partial charge in [0.15, 0.2) is 0 Å². The van der Waals surface area contributed by atoms with Gasteiger partial charge in [0, 0.05) is 16.1 Å². The van der Waals surface area contributed by atoms with Crippen molar-refractivity contribution in [3.63, 3.8) is 0 Å². The minimum Gasteiger partial charge on any atom is -0.497 e. The number of benzene rings is 2. The van der Waals surface area contributed by atoms with E-state index in [0.717, 1.165) is 27.2 Å². The summed E-state index contributed by atoms with van der Waals surface area (Å²) in [6.45, 7) is 4.17. The van der Waals surface area contributed by atoms with Crippen molar-refractivity contribution >= 4 is 21.6 Å². The Morgan fingerprint density at radius 3 is 2.48 bits per heavy atom. The molecule has 4 heteroatoms. The first-order chi connectivity index (χ1) is 10.0. The fourth-order valence-electron chi connectivity index (χ4n) is 2.23. The van der Waals surface area contributed by atoms with Crippen molar-refractivity contribution < 1.29 is 9.47 Å².